The summed E-state index contributed by atoms with van der Waals surface area (Å²) in [5, 5.41) is 6.35. The van der Waals surface area contributed by atoms with Crippen molar-refractivity contribution in [3.63, 3.8) is 0 Å². The fourth-order valence-corrected chi connectivity index (χ4v) is 1.69. The van der Waals surface area contributed by atoms with Crippen molar-refractivity contribution in [2.75, 3.05) is 0 Å². The quantitative estimate of drug-likeness (QED) is 0.796. The Balaban J connectivity index is 1.62. The van der Waals surface area contributed by atoms with Crippen molar-refractivity contribution in [1.29, 1.82) is 0 Å². The maximum atomic E-state index is 12.8. The Morgan fingerprint density at radius 3 is 2.76 bits per heavy atom. The van der Waals surface area contributed by atoms with E-state index in [1.807, 2.05) is 0 Å². The Labute approximate surface area is 118 Å². The van der Waals surface area contributed by atoms with Crippen LogP contribution in [0, 0.1) is 5.82 Å². The summed E-state index contributed by atoms with van der Waals surface area (Å²) in [6, 6.07) is 8.63. The maximum absolute atomic E-state index is 12.8. The highest BCUT2D eigenvalue weighted by Gasteiger charge is 2.12. The number of nitrogens with zero attached hydrogens (tertiary/aromatic N) is 2. The third kappa shape index (κ3) is 2.97. The lowest BCUT2D eigenvalue weighted by Crippen LogP contribution is -2.23. The van der Waals surface area contributed by atoms with Crippen LogP contribution in [-0.4, -0.2) is 16.0 Å². The Morgan fingerprint density at radius 1 is 1.24 bits per heavy atom. The summed E-state index contributed by atoms with van der Waals surface area (Å²) in [6.45, 7) is 0.0976. The standard InChI is InChI=1S/C14H10FN3O3/c15-10-5-3-9(4-6-10)13(19)16-8-12-17-14(21-18-12)11-2-1-7-20-11/h1-7H,8H2,(H,16,19). The van der Waals surface area contributed by atoms with Crippen LogP contribution in [0.3, 0.4) is 0 Å². The first-order valence-corrected chi connectivity index (χ1v) is 6.12. The van der Waals surface area contributed by atoms with Crippen LogP contribution in [0.15, 0.2) is 51.6 Å². The summed E-state index contributed by atoms with van der Waals surface area (Å²) in [7, 11) is 0. The van der Waals surface area contributed by atoms with E-state index in [0.717, 1.165) is 0 Å². The van der Waals surface area contributed by atoms with Crippen LogP contribution in [-0.2, 0) is 6.54 Å². The molecule has 0 aliphatic heterocycles. The van der Waals surface area contributed by atoms with E-state index in [-0.39, 0.29) is 18.3 Å². The molecule has 106 valence electrons. The van der Waals surface area contributed by atoms with Gasteiger partial charge in [-0.3, -0.25) is 4.79 Å². The highest BCUT2D eigenvalue weighted by Crippen LogP contribution is 2.16. The van der Waals surface area contributed by atoms with E-state index in [9.17, 15) is 9.18 Å². The zero-order valence-corrected chi connectivity index (χ0v) is 10.7. The minimum atomic E-state index is -0.396. The van der Waals surface area contributed by atoms with Gasteiger partial charge in [-0.25, -0.2) is 4.39 Å². The molecule has 0 saturated heterocycles. The normalized spacial score (nSPS) is 10.5. The largest absolute Gasteiger partial charge is 0.459 e. The summed E-state index contributed by atoms with van der Waals surface area (Å²) >= 11 is 0. The zero-order valence-electron chi connectivity index (χ0n) is 10.7. The minimum Gasteiger partial charge on any atom is -0.459 e. The molecule has 1 aromatic carbocycles. The first-order valence-electron chi connectivity index (χ1n) is 6.12. The van der Waals surface area contributed by atoms with Crippen molar-refractivity contribution in [3.8, 4) is 11.7 Å². The van der Waals surface area contributed by atoms with Crippen LogP contribution in [0.2, 0.25) is 0 Å². The van der Waals surface area contributed by atoms with Gasteiger partial charge in [-0.15, -0.1) is 0 Å². The molecule has 3 rings (SSSR count). The van der Waals surface area contributed by atoms with Crippen LogP contribution < -0.4 is 5.32 Å². The van der Waals surface area contributed by atoms with Crippen LogP contribution in [0.1, 0.15) is 16.2 Å². The number of halogens is 1. The van der Waals surface area contributed by atoms with Crippen molar-refractivity contribution in [2.24, 2.45) is 0 Å². The SMILES string of the molecule is O=C(NCc1noc(-c2ccco2)n1)c1ccc(F)cc1. The Bertz CT molecular complexity index is 735. The third-order valence-corrected chi connectivity index (χ3v) is 2.71. The molecule has 0 spiro atoms. The molecule has 0 saturated carbocycles. The highest BCUT2D eigenvalue weighted by atomic mass is 19.1. The number of carbonyl (C=O) groups excluding carboxylic acids is 1. The number of nitrogens with one attached hydrogen (secondary N) is 1. The van der Waals surface area contributed by atoms with E-state index < -0.39 is 5.82 Å². The molecule has 6 nitrogen and oxygen atoms in total. The number of carbonyl (C=O) groups is 1. The van der Waals surface area contributed by atoms with E-state index in [2.05, 4.69) is 15.5 Å². The number of furan rings is 1. The van der Waals surface area contributed by atoms with Gasteiger partial charge in [0.25, 0.3) is 11.8 Å². The molecule has 0 unspecified atom stereocenters. The fourth-order valence-electron chi connectivity index (χ4n) is 1.69. The fraction of sp³-hybridized carbons (Fsp3) is 0.0714. The van der Waals surface area contributed by atoms with Gasteiger partial charge in [-0.2, -0.15) is 4.98 Å². The van der Waals surface area contributed by atoms with E-state index >= 15 is 0 Å². The van der Waals surface area contributed by atoms with Crippen molar-refractivity contribution >= 4 is 5.91 Å². The number of aromatic nitrogens is 2. The molecule has 0 bridgehead atoms. The zero-order chi connectivity index (χ0) is 14.7. The van der Waals surface area contributed by atoms with E-state index in [1.54, 1.807) is 12.1 Å². The molecule has 0 radical (unpaired) electrons. The van der Waals surface area contributed by atoms with E-state index in [1.165, 1.54) is 30.5 Å². The van der Waals surface area contributed by atoms with Crippen LogP contribution in [0.25, 0.3) is 11.7 Å². The number of hydrogen-bond acceptors (Lipinski definition) is 5. The topological polar surface area (TPSA) is 81.2 Å². The lowest BCUT2D eigenvalue weighted by Gasteiger charge is -2.01. The second-order valence-corrected chi connectivity index (χ2v) is 4.18. The first-order chi connectivity index (χ1) is 10.2. The summed E-state index contributed by atoms with van der Waals surface area (Å²) < 4.78 is 22.9. The molecular weight excluding hydrogens is 277 g/mol. The lowest BCUT2D eigenvalue weighted by molar-refractivity contribution is 0.0949. The monoisotopic (exact) mass is 287 g/mol. The number of rotatable bonds is 4. The van der Waals surface area contributed by atoms with Gasteiger partial charge in [0.15, 0.2) is 11.6 Å². The number of hydrogen-bond donors (Lipinski definition) is 1. The summed E-state index contributed by atoms with van der Waals surface area (Å²) in [6.07, 6.45) is 1.50. The molecule has 21 heavy (non-hydrogen) atoms. The van der Waals surface area contributed by atoms with Crippen LogP contribution in [0.5, 0.6) is 0 Å². The van der Waals surface area contributed by atoms with Gasteiger partial charge < -0.3 is 14.3 Å². The molecular formula is C14H10FN3O3. The second kappa shape index (κ2) is 5.58. The van der Waals surface area contributed by atoms with Gasteiger partial charge >= 0.3 is 0 Å². The highest BCUT2D eigenvalue weighted by molar-refractivity contribution is 5.94. The van der Waals surface area contributed by atoms with Gasteiger partial charge in [0, 0.05) is 5.56 Å². The van der Waals surface area contributed by atoms with Crippen LogP contribution in [0.4, 0.5) is 4.39 Å². The molecule has 1 N–H and O–H groups in total. The van der Waals surface area contributed by atoms with Gasteiger partial charge in [0.05, 0.1) is 12.8 Å². The van der Waals surface area contributed by atoms with Gasteiger partial charge in [-0.1, -0.05) is 5.16 Å². The molecule has 0 atom stereocenters. The predicted molar refractivity (Wildman–Crippen MR) is 69.6 cm³/mol. The van der Waals surface area contributed by atoms with Gasteiger partial charge in [0.1, 0.15) is 5.82 Å². The maximum Gasteiger partial charge on any atom is 0.293 e. The Kier molecular flexibility index (Phi) is 3.46. The van der Waals surface area contributed by atoms with Gasteiger partial charge in [0.2, 0.25) is 0 Å². The molecule has 0 aliphatic rings. The first kappa shape index (κ1) is 13.0. The smallest absolute Gasteiger partial charge is 0.293 e. The van der Waals surface area contributed by atoms with E-state index in [4.69, 9.17) is 8.94 Å². The average Bonchev–Trinajstić information content (AvgIpc) is 3.16. The Morgan fingerprint density at radius 2 is 2.05 bits per heavy atom. The molecule has 3 aromatic rings. The molecule has 2 heterocycles. The summed E-state index contributed by atoms with van der Waals surface area (Å²) in [5.41, 5.74) is 0.353. The summed E-state index contributed by atoms with van der Waals surface area (Å²) in [5.74, 6) is 0.272. The summed E-state index contributed by atoms with van der Waals surface area (Å²) in [4.78, 5) is 15.9. The molecule has 0 aliphatic carbocycles. The molecule has 2 aromatic heterocycles. The molecule has 7 heteroatoms. The third-order valence-electron chi connectivity index (χ3n) is 2.71. The molecule has 0 fully saturated rings. The van der Waals surface area contributed by atoms with E-state index in [0.29, 0.717) is 17.1 Å². The second-order valence-electron chi connectivity index (χ2n) is 4.18. The predicted octanol–water partition coefficient (Wildman–Crippen LogP) is 2.40. The Hall–Kier alpha value is -2.96. The minimum absolute atomic E-state index is 0.0976. The van der Waals surface area contributed by atoms with Crippen molar-refractivity contribution < 1.29 is 18.1 Å². The average molecular weight is 287 g/mol. The van der Waals surface area contributed by atoms with Crippen molar-refractivity contribution in [3.05, 3.63) is 59.9 Å². The number of amides is 1. The molecule has 1 amide bonds. The lowest BCUT2D eigenvalue weighted by atomic mass is 10.2. The van der Waals surface area contributed by atoms with Crippen molar-refractivity contribution in [1.82, 2.24) is 15.5 Å². The van der Waals surface area contributed by atoms with Crippen LogP contribution >= 0.6 is 0 Å². The van der Waals surface area contributed by atoms with Crippen molar-refractivity contribution in [2.45, 2.75) is 6.54 Å². The number of benzene rings is 1. The van der Waals surface area contributed by atoms with Gasteiger partial charge in [-0.05, 0) is 36.4 Å².